The summed E-state index contributed by atoms with van der Waals surface area (Å²) < 4.78 is 13.6. The van der Waals surface area contributed by atoms with E-state index < -0.39 is 0 Å². The van der Waals surface area contributed by atoms with Crippen LogP contribution in [0.1, 0.15) is 0 Å². The molecule has 0 aliphatic carbocycles. The van der Waals surface area contributed by atoms with Gasteiger partial charge in [-0.15, -0.1) is 0 Å². The molecular formula is C7H4FIN2. The summed E-state index contributed by atoms with van der Waals surface area (Å²) in [5, 5.41) is 7.41. The number of hydrogen-bond acceptors (Lipinski definition) is 1. The number of nitrogens with one attached hydrogen (secondary N) is 1. The fourth-order valence-corrected chi connectivity index (χ4v) is 1.71. The molecule has 2 nitrogen and oxygen atoms in total. The quantitative estimate of drug-likeness (QED) is 0.725. The first-order chi connectivity index (χ1) is 5.27. The van der Waals surface area contributed by atoms with E-state index in [-0.39, 0.29) is 5.82 Å². The highest BCUT2D eigenvalue weighted by atomic mass is 127. The minimum atomic E-state index is -0.219. The van der Waals surface area contributed by atoms with Gasteiger partial charge in [0.1, 0.15) is 5.82 Å². The van der Waals surface area contributed by atoms with Crippen molar-refractivity contribution in [3.8, 4) is 0 Å². The van der Waals surface area contributed by atoms with Crippen LogP contribution in [-0.2, 0) is 0 Å². The molecule has 0 radical (unpaired) electrons. The van der Waals surface area contributed by atoms with Gasteiger partial charge in [-0.3, -0.25) is 5.10 Å². The van der Waals surface area contributed by atoms with Crippen LogP contribution in [0.4, 0.5) is 4.39 Å². The van der Waals surface area contributed by atoms with E-state index >= 15 is 0 Å². The molecule has 0 saturated heterocycles. The average Bonchev–Trinajstić information content (AvgIpc) is 2.34. The summed E-state index contributed by atoms with van der Waals surface area (Å²) in [7, 11) is 0. The van der Waals surface area contributed by atoms with Gasteiger partial charge in [0.2, 0.25) is 0 Å². The monoisotopic (exact) mass is 262 g/mol. The molecule has 1 heterocycles. The summed E-state index contributed by atoms with van der Waals surface area (Å²) in [4.78, 5) is 0. The third-order valence-corrected chi connectivity index (χ3v) is 2.32. The summed E-state index contributed by atoms with van der Waals surface area (Å²) in [6, 6.07) is 2.93. The van der Waals surface area contributed by atoms with Crippen LogP contribution < -0.4 is 0 Å². The lowest BCUT2D eigenvalue weighted by atomic mass is 10.2. The highest BCUT2D eigenvalue weighted by Gasteiger charge is 2.01. The first-order valence-corrected chi connectivity index (χ1v) is 4.13. The number of rotatable bonds is 0. The largest absolute Gasteiger partial charge is 0.277 e. The molecule has 0 unspecified atom stereocenters. The molecule has 2 rings (SSSR count). The van der Waals surface area contributed by atoms with Crippen molar-refractivity contribution in [3.05, 3.63) is 27.7 Å². The molecule has 1 N–H and O–H groups in total. The van der Waals surface area contributed by atoms with Gasteiger partial charge in [-0.25, -0.2) is 4.39 Å². The molecule has 4 heteroatoms. The van der Waals surface area contributed by atoms with Crippen LogP contribution in [0, 0.1) is 9.39 Å². The second kappa shape index (κ2) is 2.44. The third kappa shape index (κ3) is 1.11. The van der Waals surface area contributed by atoms with Crippen molar-refractivity contribution in [1.29, 1.82) is 0 Å². The lowest BCUT2D eigenvalue weighted by molar-refractivity contribution is 0.629. The molecule has 0 saturated carbocycles. The van der Waals surface area contributed by atoms with Gasteiger partial charge in [-0.1, -0.05) is 0 Å². The number of halogens is 2. The fraction of sp³-hybridized carbons (Fsp3) is 0. The van der Waals surface area contributed by atoms with E-state index in [4.69, 9.17) is 0 Å². The molecule has 0 bridgehead atoms. The Morgan fingerprint density at radius 2 is 2.27 bits per heavy atom. The molecule has 0 aliphatic heterocycles. The third-order valence-electron chi connectivity index (χ3n) is 1.47. The average molecular weight is 262 g/mol. The summed E-state index contributed by atoms with van der Waals surface area (Å²) >= 11 is 2.07. The smallest absolute Gasteiger partial charge is 0.125 e. The topological polar surface area (TPSA) is 28.7 Å². The molecule has 0 fully saturated rings. The Hall–Kier alpha value is -0.650. The number of aromatic nitrogens is 2. The molecule has 0 amide bonds. The maximum atomic E-state index is 12.7. The van der Waals surface area contributed by atoms with Crippen molar-refractivity contribution >= 4 is 33.5 Å². The van der Waals surface area contributed by atoms with Crippen molar-refractivity contribution < 1.29 is 4.39 Å². The first kappa shape index (κ1) is 7.02. The maximum Gasteiger partial charge on any atom is 0.125 e. The van der Waals surface area contributed by atoms with E-state index in [1.54, 1.807) is 6.20 Å². The number of H-pyrrole nitrogens is 1. The van der Waals surface area contributed by atoms with E-state index in [9.17, 15) is 4.39 Å². The highest BCUT2D eigenvalue weighted by Crippen LogP contribution is 2.19. The Morgan fingerprint density at radius 1 is 1.45 bits per heavy atom. The molecule has 0 atom stereocenters. The van der Waals surface area contributed by atoms with Crippen molar-refractivity contribution in [2.45, 2.75) is 0 Å². The van der Waals surface area contributed by atoms with Gasteiger partial charge in [0.15, 0.2) is 0 Å². The van der Waals surface area contributed by atoms with Gasteiger partial charge in [-0.2, -0.15) is 5.10 Å². The van der Waals surface area contributed by atoms with Crippen LogP contribution in [0.2, 0.25) is 0 Å². The second-order valence-electron chi connectivity index (χ2n) is 2.22. The fourth-order valence-electron chi connectivity index (χ4n) is 0.980. The van der Waals surface area contributed by atoms with E-state index in [0.717, 1.165) is 14.5 Å². The minimum Gasteiger partial charge on any atom is -0.277 e. The first-order valence-electron chi connectivity index (χ1n) is 3.05. The van der Waals surface area contributed by atoms with Gasteiger partial charge in [-0.05, 0) is 34.7 Å². The van der Waals surface area contributed by atoms with E-state index in [0.29, 0.717) is 0 Å². The Kier molecular flexibility index (Phi) is 1.56. The summed E-state index contributed by atoms with van der Waals surface area (Å²) in [6.07, 6.45) is 1.61. The van der Waals surface area contributed by atoms with Crippen LogP contribution in [0.3, 0.4) is 0 Å². The zero-order valence-corrected chi connectivity index (χ0v) is 7.59. The molecule has 1 aromatic heterocycles. The lowest BCUT2D eigenvalue weighted by Gasteiger charge is -1.92. The highest BCUT2D eigenvalue weighted by molar-refractivity contribution is 14.1. The molecule has 11 heavy (non-hydrogen) atoms. The normalized spacial score (nSPS) is 10.7. The van der Waals surface area contributed by atoms with Crippen LogP contribution >= 0.6 is 22.6 Å². The van der Waals surface area contributed by atoms with Gasteiger partial charge >= 0.3 is 0 Å². The van der Waals surface area contributed by atoms with Gasteiger partial charge in [0.25, 0.3) is 0 Å². The van der Waals surface area contributed by atoms with Crippen molar-refractivity contribution in [3.63, 3.8) is 0 Å². The summed E-state index contributed by atoms with van der Waals surface area (Å²) in [5.41, 5.74) is 0.895. The van der Waals surface area contributed by atoms with E-state index in [1.165, 1.54) is 12.1 Å². The Morgan fingerprint density at radius 3 is 3.09 bits per heavy atom. The second-order valence-corrected chi connectivity index (χ2v) is 3.38. The standard InChI is InChI=1S/C7H4FIN2/c8-5-1-4-3-10-11-7(4)6(9)2-5/h1-3H,(H,10,11). The Balaban J connectivity index is 2.91. The van der Waals surface area contributed by atoms with Crippen LogP contribution in [-0.4, -0.2) is 10.2 Å². The Labute approximate surface area is 75.9 Å². The van der Waals surface area contributed by atoms with Crippen molar-refractivity contribution in [2.75, 3.05) is 0 Å². The zero-order chi connectivity index (χ0) is 7.84. The van der Waals surface area contributed by atoms with Crippen LogP contribution in [0.25, 0.3) is 10.9 Å². The number of hydrogen-bond donors (Lipinski definition) is 1. The molecule has 2 aromatic rings. The number of fused-ring (bicyclic) bond motifs is 1. The number of benzene rings is 1. The summed E-state index contributed by atoms with van der Waals surface area (Å²) in [6.45, 7) is 0. The maximum absolute atomic E-state index is 12.7. The molecule has 56 valence electrons. The van der Waals surface area contributed by atoms with Gasteiger partial charge in [0.05, 0.1) is 11.7 Å². The lowest BCUT2D eigenvalue weighted by Crippen LogP contribution is -1.78. The van der Waals surface area contributed by atoms with Crippen LogP contribution in [0.5, 0.6) is 0 Å². The minimum absolute atomic E-state index is 0.219. The SMILES string of the molecule is Fc1cc(I)c2[nH]ncc2c1. The van der Waals surface area contributed by atoms with Gasteiger partial charge in [0, 0.05) is 8.96 Å². The number of nitrogens with zero attached hydrogens (tertiary/aromatic N) is 1. The molecule has 0 spiro atoms. The molecule has 1 aromatic carbocycles. The number of aromatic amines is 1. The molecular weight excluding hydrogens is 258 g/mol. The zero-order valence-electron chi connectivity index (χ0n) is 5.44. The van der Waals surface area contributed by atoms with Gasteiger partial charge < -0.3 is 0 Å². The predicted octanol–water partition coefficient (Wildman–Crippen LogP) is 2.31. The summed E-state index contributed by atoms with van der Waals surface area (Å²) in [5.74, 6) is -0.219. The molecule has 0 aliphatic rings. The van der Waals surface area contributed by atoms with E-state index in [1.807, 2.05) is 0 Å². The predicted molar refractivity (Wildman–Crippen MR) is 48.8 cm³/mol. The Bertz CT molecular complexity index is 396. The van der Waals surface area contributed by atoms with E-state index in [2.05, 4.69) is 32.8 Å². The van der Waals surface area contributed by atoms with Crippen molar-refractivity contribution in [2.24, 2.45) is 0 Å². The van der Waals surface area contributed by atoms with Crippen LogP contribution in [0.15, 0.2) is 18.3 Å². The van der Waals surface area contributed by atoms with Crippen molar-refractivity contribution in [1.82, 2.24) is 10.2 Å².